The van der Waals surface area contributed by atoms with Crippen molar-refractivity contribution < 1.29 is 33.8 Å². The molecule has 0 bridgehead atoms. The topological polar surface area (TPSA) is 0 Å². The van der Waals surface area contributed by atoms with E-state index < -0.39 is 0 Å². The van der Waals surface area contributed by atoms with E-state index in [2.05, 4.69) is 83.8 Å². The highest BCUT2D eigenvalue weighted by Gasteiger charge is 2.30. The normalized spacial score (nSPS) is 12.6. The monoisotopic (exact) mass is 330 g/mol. The van der Waals surface area contributed by atoms with E-state index in [1.165, 1.54) is 12.8 Å². The summed E-state index contributed by atoms with van der Waals surface area (Å²) in [5, 5.41) is 0. The van der Waals surface area contributed by atoms with Crippen molar-refractivity contribution in [1.82, 2.24) is 0 Å². The number of quaternary nitrogens is 2. The fraction of sp³-hybridized carbons (Fsp3) is 1.00. The lowest BCUT2D eigenvalue weighted by molar-refractivity contribution is -0.919. The van der Waals surface area contributed by atoms with Gasteiger partial charge in [0.2, 0.25) is 0 Å². The number of hydrogen-bond acceptors (Lipinski definition) is 0. The zero-order chi connectivity index (χ0) is 15.4. The van der Waals surface area contributed by atoms with Gasteiger partial charge in [-0.3, -0.25) is 0 Å². The van der Waals surface area contributed by atoms with Crippen LogP contribution >= 0.6 is 0 Å². The van der Waals surface area contributed by atoms with Gasteiger partial charge in [-0.15, -0.1) is 0 Å². The van der Waals surface area contributed by atoms with Crippen LogP contribution in [0.2, 0.25) is 0 Å². The van der Waals surface area contributed by atoms with Gasteiger partial charge in [0, 0.05) is 0 Å². The molecule has 0 saturated heterocycles. The molecule has 0 fully saturated rings. The predicted molar refractivity (Wildman–Crippen MR) is 84.8 cm³/mol. The van der Waals surface area contributed by atoms with E-state index in [1.807, 2.05) is 0 Å². The molecule has 0 atom stereocenters. The van der Waals surface area contributed by atoms with Crippen LogP contribution in [0, 0.1) is 0 Å². The van der Waals surface area contributed by atoms with Gasteiger partial charge < -0.3 is 33.8 Å². The molecule has 0 aliphatic rings. The zero-order valence-corrected chi connectivity index (χ0v) is 17.6. The highest BCUT2D eigenvalue weighted by molar-refractivity contribution is 4.64. The molecule has 0 aromatic rings. The minimum atomic E-state index is 0. The van der Waals surface area contributed by atoms with Gasteiger partial charge in [0.05, 0.1) is 53.4 Å². The van der Waals surface area contributed by atoms with Crippen LogP contribution in [-0.4, -0.2) is 62.3 Å². The van der Waals surface area contributed by atoms with Crippen LogP contribution in [-0.2, 0) is 0 Å². The summed E-state index contributed by atoms with van der Waals surface area (Å²) in [7, 11) is 13.4. The Morgan fingerprint density at radius 3 is 0.700 bits per heavy atom. The lowest BCUT2D eigenvalue weighted by Gasteiger charge is -2.40. The Balaban J connectivity index is -0.000000116. The van der Waals surface area contributed by atoms with Crippen LogP contribution in [0.25, 0.3) is 0 Å². The van der Waals surface area contributed by atoms with Crippen LogP contribution in [0.3, 0.4) is 0 Å². The second-order valence-corrected chi connectivity index (χ2v) is 8.36. The highest BCUT2D eigenvalue weighted by Crippen LogP contribution is 2.20. The summed E-state index contributed by atoms with van der Waals surface area (Å²) in [5.74, 6) is 0. The average molecular weight is 331 g/mol. The summed E-state index contributed by atoms with van der Waals surface area (Å²) in [5.41, 5.74) is 0.833. The third-order valence-electron chi connectivity index (χ3n) is 5.36. The van der Waals surface area contributed by atoms with Crippen LogP contribution in [0.5, 0.6) is 0 Å². The van der Waals surface area contributed by atoms with Crippen LogP contribution in [0.4, 0.5) is 0 Å². The first-order valence-electron chi connectivity index (χ1n) is 7.25. The fourth-order valence-electron chi connectivity index (χ4n) is 0.949. The van der Waals surface area contributed by atoms with Crippen molar-refractivity contribution in [3.05, 3.63) is 0 Å². The lowest BCUT2D eigenvalue weighted by Crippen LogP contribution is -3.00. The van der Waals surface area contributed by atoms with Gasteiger partial charge >= 0.3 is 0 Å². The molecule has 0 rings (SSSR count). The molecule has 0 aromatic heterocycles. The average Bonchev–Trinajstić information content (AvgIpc) is 2.15. The SMILES string of the molecule is CCC(C)(C)[N+](C)(C)C.CCC(C)(C)[N+](C)(C)C.[Cl-].[Cl-]. The Labute approximate surface area is 141 Å². The summed E-state index contributed by atoms with van der Waals surface area (Å²) >= 11 is 0. The molecule has 0 spiro atoms. The van der Waals surface area contributed by atoms with Crippen molar-refractivity contribution in [2.24, 2.45) is 0 Å². The molecule has 0 unspecified atom stereocenters. The Morgan fingerprint density at radius 2 is 0.700 bits per heavy atom. The van der Waals surface area contributed by atoms with Crippen molar-refractivity contribution in [1.29, 1.82) is 0 Å². The third kappa shape index (κ3) is 9.44. The number of nitrogens with zero attached hydrogens (tertiary/aromatic N) is 2. The van der Waals surface area contributed by atoms with Gasteiger partial charge in [-0.25, -0.2) is 0 Å². The van der Waals surface area contributed by atoms with E-state index in [9.17, 15) is 0 Å². The van der Waals surface area contributed by atoms with Gasteiger partial charge in [0.25, 0.3) is 0 Å². The maximum absolute atomic E-state index is 2.30. The van der Waals surface area contributed by atoms with E-state index in [-0.39, 0.29) is 24.8 Å². The molecular formula is C16H40Cl2N2. The Hall–Kier alpha value is 0.500. The number of halogens is 2. The second kappa shape index (κ2) is 9.50. The fourth-order valence-corrected chi connectivity index (χ4v) is 0.949. The molecule has 0 aliphatic carbocycles. The van der Waals surface area contributed by atoms with Crippen LogP contribution in [0.15, 0.2) is 0 Å². The highest BCUT2D eigenvalue weighted by atomic mass is 35.5. The molecule has 0 heterocycles. The smallest absolute Gasteiger partial charge is 0.0926 e. The molecule has 0 saturated carbocycles. The Morgan fingerprint density at radius 1 is 0.550 bits per heavy atom. The zero-order valence-electron chi connectivity index (χ0n) is 16.1. The number of rotatable bonds is 4. The molecule has 20 heavy (non-hydrogen) atoms. The van der Waals surface area contributed by atoms with E-state index in [0.29, 0.717) is 11.1 Å². The first-order valence-corrected chi connectivity index (χ1v) is 7.25. The molecule has 0 aliphatic heterocycles. The molecule has 128 valence electrons. The quantitative estimate of drug-likeness (QED) is 0.512. The third-order valence-corrected chi connectivity index (χ3v) is 5.36. The second-order valence-electron chi connectivity index (χ2n) is 8.36. The predicted octanol–water partition coefficient (Wildman–Crippen LogP) is -2.23. The van der Waals surface area contributed by atoms with E-state index >= 15 is 0 Å². The van der Waals surface area contributed by atoms with Crippen LogP contribution < -0.4 is 24.8 Å². The summed E-state index contributed by atoms with van der Waals surface area (Å²) < 4.78 is 2.09. The van der Waals surface area contributed by atoms with Crippen molar-refractivity contribution >= 4 is 0 Å². The van der Waals surface area contributed by atoms with Crippen LogP contribution in [0.1, 0.15) is 54.4 Å². The van der Waals surface area contributed by atoms with Gasteiger partial charge in [-0.05, 0) is 40.5 Å². The molecule has 2 nitrogen and oxygen atoms in total. The molecular weight excluding hydrogens is 291 g/mol. The molecule has 0 radical (unpaired) electrons. The first-order chi connectivity index (χ1) is 7.62. The Bertz CT molecular complexity index is 210. The molecule has 4 heteroatoms. The van der Waals surface area contributed by atoms with Crippen molar-refractivity contribution in [3.8, 4) is 0 Å². The van der Waals surface area contributed by atoms with Gasteiger partial charge in [-0.2, -0.15) is 0 Å². The van der Waals surface area contributed by atoms with Crippen molar-refractivity contribution in [2.75, 3.05) is 42.3 Å². The molecule has 0 aromatic carbocycles. The maximum atomic E-state index is 2.30. The largest absolute Gasteiger partial charge is 1.00 e. The van der Waals surface area contributed by atoms with Gasteiger partial charge in [0.1, 0.15) is 0 Å². The van der Waals surface area contributed by atoms with E-state index in [0.717, 1.165) is 8.97 Å². The molecule has 0 amide bonds. The minimum Gasteiger partial charge on any atom is -1.00 e. The van der Waals surface area contributed by atoms with E-state index in [1.54, 1.807) is 0 Å². The van der Waals surface area contributed by atoms with Crippen molar-refractivity contribution in [3.63, 3.8) is 0 Å². The summed E-state index contributed by atoms with van der Waals surface area (Å²) in [6.07, 6.45) is 2.47. The lowest BCUT2D eigenvalue weighted by atomic mass is 9.98. The van der Waals surface area contributed by atoms with Gasteiger partial charge in [0.15, 0.2) is 0 Å². The van der Waals surface area contributed by atoms with E-state index in [4.69, 9.17) is 0 Å². The first kappa shape index (κ1) is 28.6. The summed E-state index contributed by atoms with van der Waals surface area (Å²) in [6, 6.07) is 0. The minimum absolute atomic E-state index is 0. The number of hydrogen-bond donors (Lipinski definition) is 0. The maximum Gasteiger partial charge on any atom is 0.0926 e. The van der Waals surface area contributed by atoms with Gasteiger partial charge in [-0.1, -0.05) is 13.8 Å². The van der Waals surface area contributed by atoms with Crippen molar-refractivity contribution in [2.45, 2.75) is 65.5 Å². The standard InChI is InChI=1S/2C8H20N.2ClH/c2*1-7-8(2,3)9(4,5)6;;/h2*7H2,1-6H3;2*1H/q2*+1;;/p-2. The summed E-state index contributed by atoms with van der Waals surface area (Å²) in [6.45, 7) is 13.7. The molecule has 0 N–H and O–H groups in total. The Kier molecular flexibility index (Phi) is 13.6. The summed E-state index contributed by atoms with van der Waals surface area (Å²) in [4.78, 5) is 0.